The number of hydrogen-bond acceptors (Lipinski definition) is 4. The van der Waals surface area contributed by atoms with E-state index in [0.717, 1.165) is 23.1 Å². The summed E-state index contributed by atoms with van der Waals surface area (Å²) < 4.78 is 41.9. The maximum atomic E-state index is 10.9. The molecular weight excluding hydrogens is 280 g/mol. The highest BCUT2D eigenvalue weighted by Gasteiger charge is 2.13. The molecule has 110 valence electrons. The van der Waals surface area contributed by atoms with Gasteiger partial charge in [-0.15, -0.1) is 0 Å². The Kier molecular flexibility index (Phi) is 4.35. The van der Waals surface area contributed by atoms with Gasteiger partial charge in [0.1, 0.15) is 17.1 Å². The summed E-state index contributed by atoms with van der Waals surface area (Å²) in [6, 6.07) is 5.56. The molecule has 0 aliphatic rings. The molecule has 5 nitrogen and oxygen atoms in total. The van der Waals surface area contributed by atoms with Gasteiger partial charge in [-0.1, -0.05) is 6.92 Å². The van der Waals surface area contributed by atoms with Crippen molar-refractivity contribution in [2.75, 3.05) is 12.4 Å². The molecule has 0 amide bonds. The summed E-state index contributed by atoms with van der Waals surface area (Å²) in [7, 11) is -4.00. The van der Waals surface area contributed by atoms with Gasteiger partial charge >= 0.3 is 0 Å². The van der Waals surface area contributed by atoms with E-state index < -0.39 is 10.1 Å². The van der Waals surface area contributed by atoms with Gasteiger partial charge in [-0.3, -0.25) is 4.55 Å². The molecule has 0 unspecified atom stereocenters. The van der Waals surface area contributed by atoms with E-state index in [1.54, 1.807) is 6.07 Å². The van der Waals surface area contributed by atoms with Gasteiger partial charge in [0, 0.05) is 17.4 Å². The lowest BCUT2D eigenvalue weighted by atomic mass is 10.1. The molecule has 0 bridgehead atoms. The highest BCUT2D eigenvalue weighted by atomic mass is 32.2. The number of furan rings is 1. The zero-order chi connectivity index (χ0) is 14.8. The monoisotopic (exact) mass is 298 g/mol. The second-order valence-electron chi connectivity index (χ2n) is 4.54. The number of rotatable bonds is 6. The molecule has 1 aromatic heterocycles. The second-order valence-corrected chi connectivity index (χ2v) is 6.11. The van der Waals surface area contributed by atoms with Crippen LogP contribution in [-0.4, -0.2) is 25.3 Å². The minimum absolute atomic E-state index is 0.187. The first-order valence-corrected chi connectivity index (χ1v) is 8.17. The van der Waals surface area contributed by atoms with Crippen LogP contribution in [0.1, 0.15) is 25.2 Å². The van der Waals surface area contributed by atoms with Crippen molar-refractivity contribution in [2.45, 2.75) is 26.7 Å². The lowest BCUT2D eigenvalue weighted by Gasteiger charge is -2.07. The van der Waals surface area contributed by atoms with E-state index in [4.69, 9.17) is 13.7 Å². The Morgan fingerprint density at radius 1 is 1.25 bits per heavy atom. The van der Waals surface area contributed by atoms with Crippen molar-refractivity contribution in [1.82, 2.24) is 0 Å². The summed E-state index contributed by atoms with van der Waals surface area (Å²) in [6.45, 7) is 4.40. The molecule has 0 aliphatic carbocycles. The Bertz CT molecular complexity index is 700. The van der Waals surface area contributed by atoms with Crippen molar-refractivity contribution in [3.63, 3.8) is 0 Å². The van der Waals surface area contributed by atoms with Crippen LogP contribution in [0.15, 0.2) is 22.6 Å². The Labute approximate surface area is 118 Å². The Balaban J connectivity index is 2.45. The maximum Gasteiger partial charge on any atom is 0.265 e. The fraction of sp³-hybridized carbons (Fsp3) is 0.429. The molecule has 0 radical (unpaired) electrons. The van der Waals surface area contributed by atoms with E-state index in [1.165, 1.54) is 0 Å². The average molecular weight is 298 g/mol. The van der Waals surface area contributed by atoms with Crippen LogP contribution in [0.3, 0.4) is 0 Å². The molecule has 1 heterocycles. The van der Waals surface area contributed by atoms with Gasteiger partial charge in [0.05, 0.1) is 12.4 Å². The van der Waals surface area contributed by atoms with Gasteiger partial charge in [0.15, 0.2) is 0 Å². The highest BCUT2D eigenvalue weighted by Crippen LogP contribution is 2.29. The Morgan fingerprint density at radius 2 is 2.00 bits per heavy atom. The van der Waals surface area contributed by atoms with Crippen LogP contribution < -0.4 is 4.74 Å². The molecule has 2 aromatic rings. The third-order valence-electron chi connectivity index (χ3n) is 3.01. The molecular formula is C14H18O5S. The number of ether oxygens (including phenoxy) is 1. The molecule has 1 aromatic carbocycles. The molecule has 20 heavy (non-hydrogen) atoms. The number of aryl methyl sites for hydroxylation is 2. The summed E-state index contributed by atoms with van der Waals surface area (Å²) in [4.78, 5) is 0. The standard InChI is InChI=1S/C14H18O5S/c1-3-12-8-11-9-13(18-4-2)7-10(14(11)19-12)5-6-20(15,16)17/h7-9H,3-6H2,1-2H3,(H,15,16,17). The van der Waals surface area contributed by atoms with E-state index in [-0.39, 0.29) is 12.2 Å². The third kappa shape index (κ3) is 3.52. The molecule has 2 rings (SSSR count). The molecule has 0 spiro atoms. The van der Waals surface area contributed by atoms with Crippen molar-refractivity contribution in [3.8, 4) is 5.75 Å². The van der Waals surface area contributed by atoms with Crippen LogP contribution >= 0.6 is 0 Å². The molecule has 0 fully saturated rings. The van der Waals surface area contributed by atoms with Gasteiger partial charge in [-0.2, -0.15) is 8.42 Å². The van der Waals surface area contributed by atoms with Gasteiger partial charge < -0.3 is 9.15 Å². The minimum atomic E-state index is -4.00. The molecule has 0 atom stereocenters. The lowest BCUT2D eigenvalue weighted by molar-refractivity contribution is 0.340. The van der Waals surface area contributed by atoms with Gasteiger partial charge in [0.2, 0.25) is 0 Å². The van der Waals surface area contributed by atoms with E-state index in [2.05, 4.69) is 0 Å². The molecule has 6 heteroatoms. The van der Waals surface area contributed by atoms with Gasteiger partial charge in [-0.05, 0) is 31.5 Å². The van der Waals surface area contributed by atoms with E-state index >= 15 is 0 Å². The summed E-state index contributed by atoms with van der Waals surface area (Å²) >= 11 is 0. The maximum absolute atomic E-state index is 10.9. The normalized spacial score (nSPS) is 11.9. The first-order chi connectivity index (χ1) is 9.43. The molecule has 0 saturated carbocycles. The summed E-state index contributed by atoms with van der Waals surface area (Å²) in [6.07, 6.45) is 0.948. The highest BCUT2D eigenvalue weighted by molar-refractivity contribution is 7.85. The van der Waals surface area contributed by atoms with Gasteiger partial charge in [-0.25, -0.2) is 0 Å². The van der Waals surface area contributed by atoms with Crippen LogP contribution in [0, 0.1) is 0 Å². The fourth-order valence-corrected chi connectivity index (χ4v) is 2.58. The Hall–Kier alpha value is -1.53. The summed E-state index contributed by atoms with van der Waals surface area (Å²) in [5.41, 5.74) is 1.39. The van der Waals surface area contributed by atoms with Crippen molar-refractivity contribution in [3.05, 3.63) is 29.5 Å². The largest absolute Gasteiger partial charge is 0.494 e. The average Bonchev–Trinajstić information content (AvgIpc) is 2.78. The predicted molar refractivity (Wildman–Crippen MR) is 76.9 cm³/mol. The van der Waals surface area contributed by atoms with E-state index in [1.807, 2.05) is 26.0 Å². The first-order valence-electron chi connectivity index (χ1n) is 6.56. The quantitative estimate of drug-likeness (QED) is 0.830. The van der Waals surface area contributed by atoms with Crippen LogP contribution in [0.4, 0.5) is 0 Å². The molecule has 1 N–H and O–H groups in total. The van der Waals surface area contributed by atoms with Crippen LogP contribution in [-0.2, 0) is 23.0 Å². The van der Waals surface area contributed by atoms with Crippen molar-refractivity contribution in [2.24, 2.45) is 0 Å². The van der Waals surface area contributed by atoms with Gasteiger partial charge in [0.25, 0.3) is 10.1 Å². The van der Waals surface area contributed by atoms with Crippen molar-refractivity contribution >= 4 is 21.1 Å². The third-order valence-corrected chi connectivity index (χ3v) is 3.73. The lowest BCUT2D eigenvalue weighted by Crippen LogP contribution is -2.07. The SMILES string of the molecule is CCOc1cc(CCS(=O)(=O)O)c2oc(CC)cc2c1. The van der Waals surface area contributed by atoms with Crippen molar-refractivity contribution in [1.29, 1.82) is 0 Å². The number of hydrogen-bond donors (Lipinski definition) is 1. The van der Waals surface area contributed by atoms with Crippen LogP contribution in [0.5, 0.6) is 5.75 Å². The zero-order valence-electron chi connectivity index (χ0n) is 11.5. The minimum Gasteiger partial charge on any atom is -0.494 e. The van der Waals surface area contributed by atoms with Crippen molar-refractivity contribution < 1.29 is 22.1 Å². The molecule has 0 aliphatic heterocycles. The smallest absolute Gasteiger partial charge is 0.265 e. The van der Waals surface area contributed by atoms with E-state index in [0.29, 0.717) is 17.9 Å². The van der Waals surface area contributed by atoms with Crippen LogP contribution in [0.25, 0.3) is 11.0 Å². The number of fused-ring (bicyclic) bond motifs is 1. The van der Waals surface area contributed by atoms with Crippen LogP contribution in [0.2, 0.25) is 0 Å². The topological polar surface area (TPSA) is 76.7 Å². The number of benzene rings is 1. The first kappa shape index (κ1) is 14.9. The summed E-state index contributed by atoms with van der Waals surface area (Å²) in [5, 5.41) is 0.887. The Morgan fingerprint density at radius 3 is 2.60 bits per heavy atom. The predicted octanol–water partition coefficient (Wildman–Crippen LogP) is 2.82. The van der Waals surface area contributed by atoms with E-state index in [9.17, 15) is 8.42 Å². The molecule has 0 saturated heterocycles. The second kappa shape index (κ2) is 5.85. The fourth-order valence-electron chi connectivity index (χ4n) is 2.10. The summed E-state index contributed by atoms with van der Waals surface area (Å²) in [5.74, 6) is 1.18. The zero-order valence-corrected chi connectivity index (χ0v) is 12.4.